The Hall–Kier alpha value is -1.40. The molecule has 1 aliphatic rings. The number of hydrogen-bond acceptors (Lipinski definition) is 5. The lowest BCUT2D eigenvalue weighted by atomic mass is 10.2. The highest BCUT2D eigenvalue weighted by Crippen LogP contribution is 2.28. The van der Waals surface area contributed by atoms with Gasteiger partial charge in [-0.15, -0.1) is 0 Å². The molecule has 0 saturated heterocycles. The van der Waals surface area contributed by atoms with Gasteiger partial charge in [0, 0.05) is 18.9 Å². The van der Waals surface area contributed by atoms with Gasteiger partial charge in [0.25, 0.3) is 5.91 Å². The molecule has 1 heterocycles. The number of aliphatic hydroxyl groups excluding tert-OH is 1. The summed E-state index contributed by atoms with van der Waals surface area (Å²) in [5, 5.41) is 14.7. The maximum atomic E-state index is 12.0. The van der Waals surface area contributed by atoms with Crippen molar-refractivity contribution in [3.05, 3.63) is 24.3 Å². The minimum absolute atomic E-state index is 0.0882. The summed E-state index contributed by atoms with van der Waals surface area (Å²) in [6.45, 7) is 1.33. The number of hydrogen-bond donors (Lipinski definition) is 3. The van der Waals surface area contributed by atoms with Gasteiger partial charge in [-0.1, -0.05) is 12.1 Å². The van der Waals surface area contributed by atoms with Crippen molar-refractivity contribution >= 4 is 23.4 Å². The van der Waals surface area contributed by atoms with Crippen LogP contribution in [0.25, 0.3) is 0 Å². The Morgan fingerprint density at radius 3 is 3.15 bits per heavy atom. The van der Waals surface area contributed by atoms with Crippen molar-refractivity contribution < 1.29 is 14.6 Å². The first-order valence-electron chi connectivity index (χ1n) is 6.77. The molecule has 1 atom stereocenters. The number of aliphatic hydroxyl groups is 1. The smallest absolute Gasteiger partial charge is 0.262 e. The van der Waals surface area contributed by atoms with E-state index in [9.17, 15) is 4.79 Å². The average Bonchev–Trinajstić information content (AvgIpc) is 2.50. The second-order valence-corrected chi connectivity index (χ2v) is 5.69. The first-order valence-corrected chi connectivity index (χ1v) is 7.92. The van der Waals surface area contributed by atoms with E-state index in [-0.39, 0.29) is 12.5 Å². The third-order valence-corrected chi connectivity index (χ3v) is 3.99. The number of carbonyl (C=O) groups excluding carboxylic acids is 1. The number of thioether (sulfide) groups is 1. The summed E-state index contributed by atoms with van der Waals surface area (Å²) in [5.41, 5.74) is 0.927. The summed E-state index contributed by atoms with van der Waals surface area (Å²) in [4.78, 5) is 12.0. The zero-order valence-electron chi connectivity index (χ0n) is 11.3. The molecular formula is C14H20N2O3S. The van der Waals surface area contributed by atoms with Gasteiger partial charge < -0.3 is 20.5 Å². The van der Waals surface area contributed by atoms with Gasteiger partial charge in [-0.25, -0.2) is 0 Å². The van der Waals surface area contributed by atoms with E-state index in [0.717, 1.165) is 29.4 Å². The summed E-state index contributed by atoms with van der Waals surface area (Å²) in [7, 11) is 0. The van der Waals surface area contributed by atoms with Crippen LogP contribution in [0.2, 0.25) is 0 Å². The number of para-hydroxylation sites is 2. The van der Waals surface area contributed by atoms with E-state index in [4.69, 9.17) is 9.84 Å². The van der Waals surface area contributed by atoms with Crippen LogP contribution in [0.4, 0.5) is 5.69 Å². The van der Waals surface area contributed by atoms with E-state index < -0.39 is 6.10 Å². The molecule has 0 radical (unpaired) electrons. The SMILES string of the molecule is O=C(NCCSCCCO)C1CNc2ccccc2O1. The van der Waals surface area contributed by atoms with Gasteiger partial charge in [0.15, 0.2) is 6.10 Å². The lowest BCUT2D eigenvalue weighted by Gasteiger charge is -2.26. The predicted molar refractivity (Wildman–Crippen MR) is 81.4 cm³/mol. The number of amides is 1. The largest absolute Gasteiger partial charge is 0.477 e. The van der Waals surface area contributed by atoms with E-state index >= 15 is 0 Å². The Balaban J connectivity index is 1.69. The van der Waals surface area contributed by atoms with Crippen molar-refractivity contribution in [3.63, 3.8) is 0 Å². The fourth-order valence-corrected chi connectivity index (χ4v) is 2.67. The zero-order chi connectivity index (χ0) is 14.2. The molecule has 110 valence electrons. The summed E-state index contributed by atoms with van der Waals surface area (Å²) in [5.74, 6) is 2.40. The van der Waals surface area contributed by atoms with Gasteiger partial charge in [0.2, 0.25) is 0 Å². The summed E-state index contributed by atoms with van der Waals surface area (Å²) < 4.78 is 5.67. The fraction of sp³-hybridized carbons (Fsp3) is 0.500. The van der Waals surface area contributed by atoms with Crippen LogP contribution in [0.1, 0.15) is 6.42 Å². The molecule has 1 unspecified atom stereocenters. The van der Waals surface area contributed by atoms with Crippen molar-refractivity contribution in [1.82, 2.24) is 5.32 Å². The van der Waals surface area contributed by atoms with Gasteiger partial charge in [-0.3, -0.25) is 4.79 Å². The first-order chi connectivity index (χ1) is 9.81. The topological polar surface area (TPSA) is 70.6 Å². The second-order valence-electron chi connectivity index (χ2n) is 4.46. The van der Waals surface area contributed by atoms with E-state index in [2.05, 4.69) is 10.6 Å². The number of fused-ring (bicyclic) bond motifs is 1. The molecule has 0 saturated carbocycles. The maximum absolute atomic E-state index is 12.0. The second kappa shape index (κ2) is 8.01. The number of nitrogens with one attached hydrogen (secondary N) is 2. The molecule has 0 spiro atoms. The molecule has 20 heavy (non-hydrogen) atoms. The fourth-order valence-electron chi connectivity index (χ4n) is 1.89. The van der Waals surface area contributed by atoms with Crippen LogP contribution in [0, 0.1) is 0 Å². The Labute approximate surface area is 123 Å². The molecule has 0 fully saturated rings. The highest BCUT2D eigenvalue weighted by atomic mass is 32.2. The monoisotopic (exact) mass is 296 g/mol. The number of anilines is 1. The lowest BCUT2D eigenvalue weighted by molar-refractivity contribution is -0.127. The Bertz CT molecular complexity index is 442. The number of rotatable bonds is 7. The minimum atomic E-state index is -0.479. The van der Waals surface area contributed by atoms with Crippen LogP contribution < -0.4 is 15.4 Å². The Morgan fingerprint density at radius 2 is 2.30 bits per heavy atom. The van der Waals surface area contributed by atoms with E-state index in [0.29, 0.717) is 13.1 Å². The van der Waals surface area contributed by atoms with Crippen LogP contribution in [0.5, 0.6) is 5.75 Å². The average molecular weight is 296 g/mol. The number of carbonyl (C=O) groups is 1. The Kier molecular flexibility index (Phi) is 6.01. The normalized spacial score (nSPS) is 16.8. The zero-order valence-corrected chi connectivity index (χ0v) is 12.1. The molecule has 0 aromatic heterocycles. The van der Waals surface area contributed by atoms with Crippen LogP contribution in [0.15, 0.2) is 24.3 Å². The van der Waals surface area contributed by atoms with Crippen LogP contribution in [0.3, 0.4) is 0 Å². The van der Waals surface area contributed by atoms with Crippen molar-refractivity contribution in [2.24, 2.45) is 0 Å². The molecule has 1 aromatic carbocycles. The van der Waals surface area contributed by atoms with Gasteiger partial charge in [-0.2, -0.15) is 11.8 Å². The number of ether oxygens (including phenoxy) is 1. The summed E-state index contributed by atoms with van der Waals surface area (Å²) >= 11 is 1.72. The molecular weight excluding hydrogens is 276 g/mol. The van der Waals surface area contributed by atoms with E-state index in [1.165, 1.54) is 0 Å². The molecule has 1 aromatic rings. The molecule has 1 amide bonds. The van der Waals surface area contributed by atoms with Crippen LogP contribution in [-0.2, 0) is 4.79 Å². The molecule has 0 aliphatic carbocycles. The quantitative estimate of drug-likeness (QED) is 0.657. The predicted octanol–water partition coefficient (Wildman–Crippen LogP) is 1.09. The molecule has 6 heteroatoms. The maximum Gasteiger partial charge on any atom is 0.262 e. The summed E-state index contributed by atoms with van der Waals surface area (Å²) in [6.07, 6.45) is 0.317. The molecule has 0 bridgehead atoms. The minimum Gasteiger partial charge on any atom is -0.477 e. The Morgan fingerprint density at radius 1 is 1.45 bits per heavy atom. The summed E-state index contributed by atoms with van der Waals surface area (Å²) in [6, 6.07) is 7.60. The molecule has 2 rings (SSSR count). The van der Waals surface area contributed by atoms with Gasteiger partial charge in [0.1, 0.15) is 5.75 Å². The van der Waals surface area contributed by atoms with E-state index in [1.807, 2.05) is 24.3 Å². The van der Waals surface area contributed by atoms with Crippen molar-refractivity contribution in [2.45, 2.75) is 12.5 Å². The third kappa shape index (κ3) is 4.31. The van der Waals surface area contributed by atoms with E-state index in [1.54, 1.807) is 11.8 Å². The molecule has 3 N–H and O–H groups in total. The molecule has 5 nitrogen and oxygen atoms in total. The number of benzene rings is 1. The first kappa shape index (κ1) is 15.0. The van der Waals surface area contributed by atoms with Crippen molar-refractivity contribution in [2.75, 3.05) is 36.5 Å². The van der Waals surface area contributed by atoms with Gasteiger partial charge >= 0.3 is 0 Å². The lowest BCUT2D eigenvalue weighted by Crippen LogP contribution is -2.45. The highest BCUT2D eigenvalue weighted by molar-refractivity contribution is 7.99. The van der Waals surface area contributed by atoms with Gasteiger partial charge in [0.05, 0.1) is 12.2 Å². The van der Waals surface area contributed by atoms with Crippen molar-refractivity contribution in [1.29, 1.82) is 0 Å². The highest BCUT2D eigenvalue weighted by Gasteiger charge is 2.25. The molecule has 1 aliphatic heterocycles. The van der Waals surface area contributed by atoms with Crippen LogP contribution in [-0.4, -0.2) is 48.3 Å². The standard InChI is InChI=1S/C14H20N2O3S/c17-7-3-8-20-9-6-15-14(18)13-10-16-11-4-1-2-5-12(11)19-13/h1-2,4-5,13,16-17H,3,6-10H2,(H,15,18). The van der Waals surface area contributed by atoms with Crippen molar-refractivity contribution in [3.8, 4) is 5.75 Å². The van der Waals surface area contributed by atoms with Crippen LogP contribution >= 0.6 is 11.8 Å². The van der Waals surface area contributed by atoms with Gasteiger partial charge in [-0.05, 0) is 24.3 Å². The third-order valence-electron chi connectivity index (χ3n) is 2.92.